The summed E-state index contributed by atoms with van der Waals surface area (Å²) in [5.41, 5.74) is 2.12. The van der Waals surface area contributed by atoms with Crippen LogP contribution in [0.2, 0.25) is 0 Å². The van der Waals surface area contributed by atoms with E-state index in [-0.39, 0.29) is 43.3 Å². The molecule has 3 aromatic carbocycles. The lowest BCUT2D eigenvalue weighted by atomic mass is 10.1. The van der Waals surface area contributed by atoms with Crippen LogP contribution in [0, 0.1) is 5.92 Å². The highest BCUT2D eigenvalue weighted by atomic mass is 16.5. The summed E-state index contributed by atoms with van der Waals surface area (Å²) < 4.78 is 23.5. The molecular formula is C36H38N4O8. The monoisotopic (exact) mass is 654 g/mol. The first-order chi connectivity index (χ1) is 23.4. The molecule has 1 aliphatic carbocycles. The number of carbonyl (C=O) groups is 4. The molecule has 48 heavy (non-hydrogen) atoms. The van der Waals surface area contributed by atoms with Crippen molar-refractivity contribution in [2.24, 2.45) is 5.92 Å². The minimum absolute atomic E-state index is 0.0929. The van der Waals surface area contributed by atoms with E-state index in [9.17, 15) is 19.2 Å². The third-order valence-electron chi connectivity index (χ3n) is 8.94. The van der Waals surface area contributed by atoms with Crippen LogP contribution >= 0.6 is 0 Å². The zero-order chi connectivity index (χ0) is 33.0. The van der Waals surface area contributed by atoms with E-state index in [1.807, 2.05) is 12.1 Å². The van der Waals surface area contributed by atoms with Gasteiger partial charge < -0.3 is 39.4 Å². The second-order valence-corrected chi connectivity index (χ2v) is 12.6. The summed E-state index contributed by atoms with van der Waals surface area (Å²) in [7, 11) is 0. The fraction of sp³-hybridized carbons (Fsp3) is 0.389. The molecule has 8 rings (SSSR count). The first-order valence-electron chi connectivity index (χ1n) is 16.4. The van der Waals surface area contributed by atoms with Crippen LogP contribution in [0.25, 0.3) is 0 Å². The Morgan fingerprint density at radius 3 is 2.25 bits per heavy atom. The fourth-order valence-corrected chi connectivity index (χ4v) is 5.97. The van der Waals surface area contributed by atoms with Crippen molar-refractivity contribution in [2.45, 2.75) is 31.5 Å². The van der Waals surface area contributed by atoms with Gasteiger partial charge in [-0.25, -0.2) is 0 Å². The normalized spacial score (nSPS) is 21.2. The number of ether oxygens (including phenoxy) is 4. The summed E-state index contributed by atoms with van der Waals surface area (Å²) >= 11 is 0. The molecule has 3 aromatic rings. The van der Waals surface area contributed by atoms with E-state index >= 15 is 0 Å². The van der Waals surface area contributed by atoms with E-state index in [1.54, 1.807) is 64.4 Å². The Balaban J connectivity index is 1.11. The molecule has 5 aliphatic rings. The van der Waals surface area contributed by atoms with Crippen molar-refractivity contribution in [2.75, 3.05) is 52.6 Å². The Labute approximate surface area is 278 Å². The Morgan fingerprint density at radius 2 is 1.54 bits per heavy atom. The highest BCUT2D eigenvalue weighted by Crippen LogP contribution is 2.31. The van der Waals surface area contributed by atoms with Crippen LogP contribution < -0.4 is 24.8 Å². The van der Waals surface area contributed by atoms with E-state index in [1.165, 1.54) is 0 Å². The second kappa shape index (κ2) is 13.9. The summed E-state index contributed by atoms with van der Waals surface area (Å²) in [6.45, 7) is 3.16. The fourth-order valence-electron chi connectivity index (χ4n) is 5.97. The van der Waals surface area contributed by atoms with Gasteiger partial charge in [0.25, 0.3) is 23.6 Å². The molecule has 4 aliphatic heterocycles. The smallest absolute Gasteiger partial charge is 0.258 e. The van der Waals surface area contributed by atoms with Crippen molar-refractivity contribution >= 4 is 23.6 Å². The van der Waals surface area contributed by atoms with Gasteiger partial charge in [0.05, 0.1) is 32.4 Å². The quantitative estimate of drug-likeness (QED) is 0.429. The lowest BCUT2D eigenvalue weighted by molar-refractivity contribution is -0.123. The van der Waals surface area contributed by atoms with Gasteiger partial charge in [0.15, 0.2) is 6.61 Å². The molecule has 2 N–H and O–H groups in total. The van der Waals surface area contributed by atoms with Gasteiger partial charge in [-0.2, -0.15) is 0 Å². The maximum Gasteiger partial charge on any atom is 0.258 e. The number of morpholine rings is 1. The summed E-state index contributed by atoms with van der Waals surface area (Å²) in [5.74, 6) is 0.874. The highest BCUT2D eigenvalue weighted by molar-refractivity contribution is 5.98. The first kappa shape index (κ1) is 31.5. The zero-order valence-electron chi connectivity index (χ0n) is 26.5. The number of rotatable bonds is 5. The van der Waals surface area contributed by atoms with Gasteiger partial charge in [0, 0.05) is 48.9 Å². The van der Waals surface area contributed by atoms with Crippen molar-refractivity contribution < 1.29 is 38.1 Å². The van der Waals surface area contributed by atoms with Crippen LogP contribution in [-0.2, 0) is 16.1 Å². The van der Waals surface area contributed by atoms with Gasteiger partial charge in [0.2, 0.25) is 0 Å². The maximum atomic E-state index is 13.7. The van der Waals surface area contributed by atoms with Gasteiger partial charge in [-0.05, 0) is 72.9 Å². The average Bonchev–Trinajstić information content (AvgIpc) is 3.88. The molecule has 1 saturated carbocycles. The van der Waals surface area contributed by atoms with Gasteiger partial charge in [0.1, 0.15) is 23.4 Å². The van der Waals surface area contributed by atoms with E-state index < -0.39 is 12.1 Å². The predicted octanol–water partition coefficient (Wildman–Crippen LogP) is 2.66. The van der Waals surface area contributed by atoms with Gasteiger partial charge in [-0.3, -0.25) is 19.2 Å². The molecule has 0 aromatic heterocycles. The first-order valence-corrected chi connectivity index (χ1v) is 16.4. The van der Waals surface area contributed by atoms with Crippen LogP contribution in [0.3, 0.4) is 0 Å². The average molecular weight is 655 g/mol. The van der Waals surface area contributed by atoms with E-state index in [0.29, 0.717) is 79.3 Å². The zero-order valence-corrected chi connectivity index (χ0v) is 26.5. The standard InChI is InChI=1S/C36H38N4O8/c41-33-22-47-30-16-27(15-29(17-30)46-21-24-1-2-24)34(42)38-31-19-40(20-32(31)48-28-9-3-23(4-10-28)18-37-33)36(44)26-7-5-25(6-8-26)35(43)39-11-13-45-14-12-39/h3-10,15-17,24,31-32H,1-2,11-14,18-22H2,(H,37,41)(H,38,42)/t31-,32-/m0/s1. The Morgan fingerprint density at radius 1 is 0.833 bits per heavy atom. The second-order valence-electron chi connectivity index (χ2n) is 12.6. The molecule has 12 nitrogen and oxygen atoms in total. The lowest BCUT2D eigenvalue weighted by Gasteiger charge is -2.27. The highest BCUT2D eigenvalue weighted by Gasteiger charge is 2.38. The summed E-state index contributed by atoms with van der Waals surface area (Å²) in [6, 6.07) is 18.4. The van der Waals surface area contributed by atoms with E-state index in [4.69, 9.17) is 18.9 Å². The van der Waals surface area contributed by atoms with Crippen LogP contribution in [-0.4, -0.2) is 98.2 Å². The molecule has 0 radical (unpaired) electrons. The number of amides is 4. The van der Waals surface area contributed by atoms with E-state index in [0.717, 1.165) is 18.4 Å². The number of hydrogen-bond donors (Lipinski definition) is 2. The molecule has 4 amide bonds. The van der Waals surface area contributed by atoms with Crippen molar-refractivity contribution in [3.05, 3.63) is 89.0 Å². The van der Waals surface area contributed by atoms with Crippen LogP contribution in [0.5, 0.6) is 17.2 Å². The van der Waals surface area contributed by atoms with Crippen molar-refractivity contribution in [3.63, 3.8) is 0 Å². The third-order valence-corrected chi connectivity index (χ3v) is 8.94. The van der Waals surface area contributed by atoms with Crippen LogP contribution in [0.1, 0.15) is 49.5 Å². The number of nitrogens with zero attached hydrogens (tertiary/aromatic N) is 2. The Hall–Kier alpha value is -5.10. The van der Waals surface area contributed by atoms with E-state index in [2.05, 4.69) is 10.6 Å². The Kier molecular flexibility index (Phi) is 9.15. The summed E-state index contributed by atoms with van der Waals surface area (Å²) in [5, 5.41) is 5.92. The van der Waals surface area contributed by atoms with Crippen molar-refractivity contribution in [3.8, 4) is 17.2 Å². The molecule has 2 saturated heterocycles. The Bertz CT molecular complexity index is 1670. The van der Waals surface area contributed by atoms with Crippen LogP contribution in [0.4, 0.5) is 0 Å². The molecule has 0 unspecified atom stereocenters. The minimum Gasteiger partial charge on any atom is -0.493 e. The third kappa shape index (κ3) is 7.54. The van der Waals surface area contributed by atoms with Crippen molar-refractivity contribution in [1.82, 2.24) is 20.4 Å². The molecule has 2 atom stereocenters. The molecule has 0 spiro atoms. The van der Waals surface area contributed by atoms with Gasteiger partial charge in [-0.1, -0.05) is 12.1 Å². The van der Waals surface area contributed by atoms with Crippen molar-refractivity contribution in [1.29, 1.82) is 0 Å². The molecule has 250 valence electrons. The van der Waals surface area contributed by atoms with Gasteiger partial charge in [-0.15, -0.1) is 0 Å². The number of benzene rings is 3. The summed E-state index contributed by atoms with van der Waals surface area (Å²) in [4.78, 5) is 56.3. The van der Waals surface area contributed by atoms with Gasteiger partial charge >= 0.3 is 0 Å². The largest absolute Gasteiger partial charge is 0.493 e. The predicted molar refractivity (Wildman–Crippen MR) is 173 cm³/mol. The number of nitrogens with one attached hydrogen (secondary N) is 2. The molecule has 12 heteroatoms. The number of likely N-dealkylation sites (tertiary alicyclic amines) is 1. The minimum atomic E-state index is -0.550. The SMILES string of the molecule is O=C1COc2cc(OCC3CC3)cc(c2)C(=O)N[C@H]2CN(C(=O)c3ccc(C(=O)N4CCOCC4)cc3)C[C@@H]2Oc2ccc(cc2)CN1. The lowest BCUT2D eigenvalue weighted by Crippen LogP contribution is -2.45. The van der Waals surface area contributed by atoms with Crippen LogP contribution in [0.15, 0.2) is 66.7 Å². The number of hydrogen-bond acceptors (Lipinski definition) is 8. The number of fused-ring (bicyclic) bond motifs is 7. The topological polar surface area (TPSA) is 136 Å². The summed E-state index contributed by atoms with van der Waals surface area (Å²) in [6.07, 6.45) is 1.67. The number of carbonyl (C=O) groups excluding carboxylic acids is 4. The molecule has 4 heterocycles. The molecular weight excluding hydrogens is 616 g/mol. The molecule has 3 fully saturated rings. The molecule has 4 bridgehead atoms. The maximum absolute atomic E-state index is 13.7.